The Labute approximate surface area is 101 Å². The summed E-state index contributed by atoms with van der Waals surface area (Å²) < 4.78 is 0. The van der Waals surface area contributed by atoms with Crippen LogP contribution in [0.25, 0.3) is 0 Å². The Morgan fingerprint density at radius 2 is 1.67 bits per heavy atom. The van der Waals surface area contributed by atoms with Gasteiger partial charge in [0.15, 0.2) is 0 Å². The molecule has 0 N–H and O–H groups in total. The van der Waals surface area contributed by atoms with Crippen molar-refractivity contribution in [2.24, 2.45) is 4.99 Å². The number of amides is 1. The summed E-state index contributed by atoms with van der Waals surface area (Å²) in [4.78, 5) is 17.3. The zero-order valence-corrected chi connectivity index (χ0v) is 11.3. The van der Waals surface area contributed by atoms with Crippen molar-refractivity contribution >= 4 is 34.4 Å². The Hall–Kier alpha value is -0.280. The first-order chi connectivity index (χ1) is 6.77. The number of halogens is 2. The van der Waals surface area contributed by atoms with Gasteiger partial charge in [0.25, 0.3) is 0 Å². The van der Waals surface area contributed by atoms with Gasteiger partial charge in [-0.3, -0.25) is 14.7 Å². The minimum atomic E-state index is -0.594. The number of alkyl halides is 1. The molecule has 0 saturated heterocycles. The predicted molar refractivity (Wildman–Crippen MR) is 65.7 cm³/mol. The smallest absolute Gasteiger partial charge is 0.246 e. The summed E-state index contributed by atoms with van der Waals surface area (Å²) in [5, 5.41) is -0.388. The molecule has 0 spiro atoms. The normalized spacial score (nSPS) is 14.6. The third-order valence-corrected chi connectivity index (χ3v) is 2.12. The molecule has 15 heavy (non-hydrogen) atoms. The van der Waals surface area contributed by atoms with Gasteiger partial charge in [0.2, 0.25) is 11.2 Å². The van der Waals surface area contributed by atoms with Crippen LogP contribution < -0.4 is 0 Å². The Bertz CT molecular complexity index is 250. The molecule has 0 aliphatic rings. The Balaban J connectivity index is 4.90. The van der Waals surface area contributed by atoms with Crippen LogP contribution in [0.3, 0.4) is 0 Å². The lowest BCUT2D eigenvalue weighted by molar-refractivity contribution is -0.127. The molecule has 0 aromatic rings. The lowest BCUT2D eigenvalue weighted by Crippen LogP contribution is -2.43. The van der Waals surface area contributed by atoms with Crippen molar-refractivity contribution in [3.8, 4) is 0 Å². The molecule has 0 aromatic carbocycles. The number of aliphatic imine (C=N–C) groups is 1. The predicted octanol–water partition coefficient (Wildman–Crippen LogP) is 2.85. The lowest BCUT2D eigenvalue weighted by atomic mass is 10.3. The first-order valence-electron chi connectivity index (χ1n) is 4.97. The van der Waals surface area contributed by atoms with E-state index in [1.54, 1.807) is 6.92 Å². The standard InChI is InChI=1S/C10H18Cl2N2O/c1-6(2)13-10(12)14(7(3)4)9(15)8(5)11/h6-8H,1-5H3. The van der Waals surface area contributed by atoms with Gasteiger partial charge in [-0.05, 0) is 46.2 Å². The van der Waals surface area contributed by atoms with E-state index in [-0.39, 0.29) is 23.3 Å². The van der Waals surface area contributed by atoms with E-state index in [0.29, 0.717) is 0 Å². The van der Waals surface area contributed by atoms with Crippen LogP contribution in [0, 0.1) is 0 Å². The number of hydrogen-bond acceptors (Lipinski definition) is 2. The van der Waals surface area contributed by atoms with Crippen molar-refractivity contribution in [3.05, 3.63) is 0 Å². The highest BCUT2D eigenvalue weighted by Gasteiger charge is 2.24. The molecule has 0 radical (unpaired) electrons. The number of carbonyl (C=O) groups is 1. The van der Waals surface area contributed by atoms with E-state index in [4.69, 9.17) is 23.2 Å². The molecule has 5 heteroatoms. The van der Waals surface area contributed by atoms with Gasteiger partial charge in [-0.1, -0.05) is 0 Å². The number of rotatable bonds is 3. The molecular weight excluding hydrogens is 235 g/mol. The average molecular weight is 253 g/mol. The maximum absolute atomic E-state index is 11.7. The molecule has 0 fully saturated rings. The monoisotopic (exact) mass is 252 g/mol. The molecule has 0 heterocycles. The summed E-state index contributed by atoms with van der Waals surface area (Å²) in [6.45, 7) is 9.16. The van der Waals surface area contributed by atoms with Gasteiger partial charge in [0, 0.05) is 12.1 Å². The summed E-state index contributed by atoms with van der Waals surface area (Å²) in [5.41, 5.74) is 0. The Morgan fingerprint density at radius 1 is 1.20 bits per heavy atom. The van der Waals surface area contributed by atoms with Gasteiger partial charge in [-0.25, -0.2) is 0 Å². The SMILES string of the molecule is CC(C)N=C(Cl)N(C(=O)C(C)Cl)C(C)C. The van der Waals surface area contributed by atoms with E-state index in [1.165, 1.54) is 4.90 Å². The second kappa shape index (κ2) is 6.33. The van der Waals surface area contributed by atoms with Gasteiger partial charge in [-0.2, -0.15) is 0 Å². The van der Waals surface area contributed by atoms with E-state index < -0.39 is 5.38 Å². The minimum absolute atomic E-state index is 0.0475. The van der Waals surface area contributed by atoms with Crippen molar-refractivity contribution in [1.82, 2.24) is 4.90 Å². The van der Waals surface area contributed by atoms with Crippen LogP contribution in [0.4, 0.5) is 0 Å². The number of hydrogen-bond donors (Lipinski definition) is 0. The largest absolute Gasteiger partial charge is 0.283 e. The first-order valence-corrected chi connectivity index (χ1v) is 5.79. The van der Waals surface area contributed by atoms with Crippen LogP contribution in [0.2, 0.25) is 0 Å². The molecular formula is C10H18Cl2N2O. The summed E-state index contributed by atoms with van der Waals surface area (Å²) in [6, 6.07) is 0.00545. The van der Waals surface area contributed by atoms with Crippen molar-refractivity contribution < 1.29 is 4.79 Å². The fourth-order valence-electron chi connectivity index (χ4n) is 1.03. The molecule has 0 rings (SSSR count). The van der Waals surface area contributed by atoms with Crippen LogP contribution in [-0.2, 0) is 4.79 Å². The highest BCUT2D eigenvalue weighted by atomic mass is 35.5. The zero-order chi connectivity index (χ0) is 12.2. The Kier molecular flexibility index (Phi) is 6.22. The van der Waals surface area contributed by atoms with Gasteiger partial charge in [0.1, 0.15) is 5.38 Å². The van der Waals surface area contributed by atoms with E-state index >= 15 is 0 Å². The molecule has 1 unspecified atom stereocenters. The maximum Gasteiger partial charge on any atom is 0.246 e. The summed E-state index contributed by atoms with van der Waals surface area (Å²) in [7, 11) is 0. The van der Waals surface area contributed by atoms with E-state index in [2.05, 4.69) is 4.99 Å². The second-order valence-corrected chi connectivity index (χ2v) is 4.90. The highest BCUT2D eigenvalue weighted by molar-refractivity contribution is 6.66. The highest BCUT2D eigenvalue weighted by Crippen LogP contribution is 2.11. The van der Waals surface area contributed by atoms with E-state index in [1.807, 2.05) is 27.7 Å². The minimum Gasteiger partial charge on any atom is -0.283 e. The number of nitrogens with zero attached hydrogens (tertiary/aromatic N) is 2. The van der Waals surface area contributed by atoms with Crippen LogP contribution in [0.5, 0.6) is 0 Å². The summed E-state index contributed by atoms with van der Waals surface area (Å²) in [6.07, 6.45) is 0. The van der Waals surface area contributed by atoms with Crippen LogP contribution in [0.15, 0.2) is 4.99 Å². The third kappa shape index (κ3) is 4.85. The molecule has 88 valence electrons. The van der Waals surface area contributed by atoms with Gasteiger partial charge in [0.05, 0.1) is 0 Å². The van der Waals surface area contributed by atoms with Gasteiger partial charge < -0.3 is 0 Å². The number of carbonyl (C=O) groups excluding carboxylic acids is 1. The molecule has 0 aromatic heterocycles. The van der Waals surface area contributed by atoms with Crippen molar-refractivity contribution in [2.75, 3.05) is 0 Å². The molecule has 0 saturated carbocycles. The van der Waals surface area contributed by atoms with Gasteiger partial charge in [-0.15, -0.1) is 11.6 Å². The lowest BCUT2D eigenvalue weighted by Gasteiger charge is -2.26. The fourth-order valence-corrected chi connectivity index (χ4v) is 1.60. The molecule has 0 aliphatic heterocycles. The van der Waals surface area contributed by atoms with Crippen molar-refractivity contribution in [2.45, 2.75) is 52.1 Å². The fraction of sp³-hybridized carbons (Fsp3) is 0.800. The first kappa shape index (κ1) is 14.7. The van der Waals surface area contributed by atoms with Crippen molar-refractivity contribution in [3.63, 3.8) is 0 Å². The Morgan fingerprint density at radius 3 is 1.93 bits per heavy atom. The van der Waals surface area contributed by atoms with E-state index in [0.717, 1.165) is 0 Å². The molecule has 0 bridgehead atoms. The molecule has 1 amide bonds. The topological polar surface area (TPSA) is 32.7 Å². The quantitative estimate of drug-likeness (QED) is 0.329. The molecule has 1 atom stereocenters. The zero-order valence-electron chi connectivity index (χ0n) is 9.79. The third-order valence-electron chi connectivity index (χ3n) is 1.66. The van der Waals surface area contributed by atoms with Crippen LogP contribution in [-0.4, -0.2) is 33.6 Å². The van der Waals surface area contributed by atoms with Crippen LogP contribution >= 0.6 is 23.2 Å². The second-order valence-electron chi connectivity index (χ2n) is 3.91. The molecule has 3 nitrogen and oxygen atoms in total. The van der Waals surface area contributed by atoms with Crippen molar-refractivity contribution in [1.29, 1.82) is 0 Å². The maximum atomic E-state index is 11.7. The molecule has 0 aliphatic carbocycles. The van der Waals surface area contributed by atoms with E-state index in [9.17, 15) is 4.79 Å². The summed E-state index contributed by atoms with van der Waals surface area (Å²) >= 11 is 11.7. The number of amidine groups is 1. The average Bonchev–Trinajstić information content (AvgIpc) is 2.01. The van der Waals surface area contributed by atoms with Crippen LogP contribution in [0.1, 0.15) is 34.6 Å². The van der Waals surface area contributed by atoms with Gasteiger partial charge >= 0.3 is 0 Å². The summed E-state index contributed by atoms with van der Waals surface area (Å²) in [5.74, 6) is -0.221.